The zero-order chi connectivity index (χ0) is 16.4. The monoisotopic (exact) mass is 362 g/mol. The molecule has 2 aliphatic rings. The van der Waals surface area contributed by atoms with Gasteiger partial charge in [-0.2, -0.15) is 0 Å². The summed E-state index contributed by atoms with van der Waals surface area (Å²) in [6.07, 6.45) is 0.490. The molecule has 2 heterocycles. The summed E-state index contributed by atoms with van der Waals surface area (Å²) in [5.41, 5.74) is 5.84. The van der Waals surface area contributed by atoms with Gasteiger partial charge in [-0.25, -0.2) is 8.78 Å². The van der Waals surface area contributed by atoms with Crippen LogP contribution in [-0.2, 0) is 14.3 Å². The number of nitrogens with zero attached hydrogens (tertiary/aromatic N) is 1. The summed E-state index contributed by atoms with van der Waals surface area (Å²) < 4.78 is 37.3. The molecule has 0 aliphatic carbocycles. The Labute approximate surface area is 145 Å². The van der Waals surface area contributed by atoms with Crippen LogP contribution in [0.5, 0.6) is 0 Å². The molecule has 0 aromatic heterocycles. The van der Waals surface area contributed by atoms with Gasteiger partial charge in [-0.05, 0) is 30.5 Å². The highest BCUT2D eigenvalue weighted by Gasteiger charge is 2.40. The highest BCUT2D eigenvalue weighted by molar-refractivity contribution is 5.86. The fourth-order valence-electron chi connectivity index (χ4n) is 3.01. The van der Waals surface area contributed by atoms with Crippen LogP contribution in [-0.4, -0.2) is 49.3 Å². The number of amides is 1. The van der Waals surface area contributed by atoms with Gasteiger partial charge in [-0.15, -0.1) is 12.4 Å². The lowest BCUT2D eigenvalue weighted by Gasteiger charge is -2.40. The van der Waals surface area contributed by atoms with Gasteiger partial charge in [0, 0.05) is 19.8 Å². The van der Waals surface area contributed by atoms with E-state index in [4.69, 9.17) is 15.2 Å². The second-order valence-electron chi connectivity index (χ2n) is 6.05. The third kappa shape index (κ3) is 3.85. The first-order valence-electron chi connectivity index (χ1n) is 7.72. The molecule has 134 valence electrons. The van der Waals surface area contributed by atoms with Crippen LogP contribution in [0.4, 0.5) is 8.78 Å². The Bertz CT molecular complexity index is 597. The van der Waals surface area contributed by atoms with E-state index < -0.39 is 23.3 Å². The minimum absolute atomic E-state index is 0. The lowest BCUT2D eigenvalue weighted by Crippen LogP contribution is -2.60. The lowest BCUT2D eigenvalue weighted by molar-refractivity contribution is -0.148. The normalized spacial score (nSPS) is 23.5. The van der Waals surface area contributed by atoms with Gasteiger partial charge < -0.3 is 20.1 Å². The van der Waals surface area contributed by atoms with E-state index in [0.717, 1.165) is 12.1 Å². The van der Waals surface area contributed by atoms with E-state index in [0.29, 0.717) is 44.8 Å². The molecule has 1 aromatic rings. The fourth-order valence-corrected chi connectivity index (χ4v) is 3.01. The van der Waals surface area contributed by atoms with E-state index in [1.54, 1.807) is 4.90 Å². The van der Waals surface area contributed by atoms with E-state index in [9.17, 15) is 13.6 Å². The number of morpholine rings is 1. The summed E-state index contributed by atoms with van der Waals surface area (Å²) >= 11 is 0. The SMILES string of the molecule is Cl.NC1(C(=O)N2CCOC(c3ccc(F)c(F)c3)C2)CCOCC1. The Morgan fingerprint density at radius 3 is 2.58 bits per heavy atom. The number of hydrogen-bond donors (Lipinski definition) is 1. The molecule has 1 aromatic carbocycles. The van der Waals surface area contributed by atoms with Crippen LogP contribution in [0.15, 0.2) is 18.2 Å². The van der Waals surface area contributed by atoms with Crippen molar-refractivity contribution in [3.05, 3.63) is 35.4 Å². The number of carbonyl (C=O) groups is 1. The molecule has 24 heavy (non-hydrogen) atoms. The quantitative estimate of drug-likeness (QED) is 0.871. The average Bonchev–Trinajstić information content (AvgIpc) is 2.57. The van der Waals surface area contributed by atoms with Gasteiger partial charge in [-0.3, -0.25) is 4.79 Å². The van der Waals surface area contributed by atoms with E-state index in [1.165, 1.54) is 6.07 Å². The minimum Gasteiger partial charge on any atom is -0.381 e. The standard InChI is InChI=1S/C16H20F2N2O3.ClH/c17-12-2-1-11(9-13(12)18)14-10-20(5-8-23-14)15(21)16(19)3-6-22-7-4-16;/h1-2,9,14H,3-8,10,19H2;1H. The third-order valence-corrected chi connectivity index (χ3v) is 4.48. The number of rotatable bonds is 2. The predicted molar refractivity (Wildman–Crippen MR) is 85.9 cm³/mol. The van der Waals surface area contributed by atoms with E-state index in [1.807, 2.05) is 0 Å². The van der Waals surface area contributed by atoms with Gasteiger partial charge in [0.25, 0.3) is 0 Å². The molecule has 2 N–H and O–H groups in total. The molecule has 0 saturated carbocycles. The molecule has 0 bridgehead atoms. The summed E-state index contributed by atoms with van der Waals surface area (Å²) in [4.78, 5) is 14.4. The van der Waals surface area contributed by atoms with Crippen LogP contribution >= 0.6 is 12.4 Å². The van der Waals surface area contributed by atoms with Gasteiger partial charge in [0.2, 0.25) is 5.91 Å². The van der Waals surface area contributed by atoms with E-state index >= 15 is 0 Å². The van der Waals surface area contributed by atoms with Crippen molar-refractivity contribution < 1.29 is 23.0 Å². The van der Waals surface area contributed by atoms with Crippen molar-refractivity contribution >= 4 is 18.3 Å². The van der Waals surface area contributed by atoms with Crippen molar-refractivity contribution in [2.45, 2.75) is 24.5 Å². The zero-order valence-corrected chi connectivity index (χ0v) is 14.0. The molecule has 8 heteroatoms. The Morgan fingerprint density at radius 2 is 1.92 bits per heavy atom. The number of ether oxygens (including phenoxy) is 2. The van der Waals surface area contributed by atoms with Crippen molar-refractivity contribution in [2.75, 3.05) is 32.9 Å². The van der Waals surface area contributed by atoms with Gasteiger partial charge in [-0.1, -0.05) is 6.07 Å². The molecule has 5 nitrogen and oxygen atoms in total. The number of carbonyl (C=O) groups excluding carboxylic acids is 1. The second-order valence-corrected chi connectivity index (χ2v) is 6.05. The first-order valence-corrected chi connectivity index (χ1v) is 7.72. The largest absolute Gasteiger partial charge is 0.381 e. The molecular formula is C16H21ClF2N2O3. The van der Waals surface area contributed by atoms with Gasteiger partial charge in [0.15, 0.2) is 11.6 Å². The number of halogens is 3. The first kappa shape index (κ1) is 19.1. The van der Waals surface area contributed by atoms with Crippen molar-refractivity contribution in [3.63, 3.8) is 0 Å². The second kappa shape index (κ2) is 7.74. The van der Waals surface area contributed by atoms with Crippen molar-refractivity contribution in [2.24, 2.45) is 5.73 Å². The fraction of sp³-hybridized carbons (Fsp3) is 0.562. The summed E-state index contributed by atoms with van der Waals surface area (Å²) in [6, 6.07) is 3.65. The third-order valence-electron chi connectivity index (χ3n) is 4.48. The molecule has 1 unspecified atom stereocenters. The minimum atomic E-state index is -0.922. The number of hydrogen-bond acceptors (Lipinski definition) is 4. The molecule has 1 atom stereocenters. The van der Waals surface area contributed by atoms with Crippen LogP contribution in [0.1, 0.15) is 24.5 Å². The molecule has 3 rings (SSSR count). The summed E-state index contributed by atoms with van der Waals surface area (Å²) in [6.45, 7) is 2.00. The number of benzene rings is 1. The Morgan fingerprint density at radius 1 is 1.21 bits per heavy atom. The van der Waals surface area contributed by atoms with Gasteiger partial charge >= 0.3 is 0 Å². The average molecular weight is 363 g/mol. The summed E-state index contributed by atoms with van der Waals surface area (Å²) in [5, 5.41) is 0. The Kier molecular flexibility index (Phi) is 6.14. The molecule has 2 saturated heterocycles. The molecule has 2 aliphatic heterocycles. The van der Waals surface area contributed by atoms with Gasteiger partial charge in [0.1, 0.15) is 6.10 Å². The van der Waals surface area contributed by atoms with Crippen LogP contribution in [0.25, 0.3) is 0 Å². The smallest absolute Gasteiger partial charge is 0.243 e. The zero-order valence-electron chi connectivity index (χ0n) is 13.2. The van der Waals surface area contributed by atoms with E-state index in [2.05, 4.69) is 0 Å². The molecular weight excluding hydrogens is 342 g/mol. The van der Waals surface area contributed by atoms with Crippen molar-refractivity contribution in [1.29, 1.82) is 0 Å². The Balaban J connectivity index is 0.00000208. The maximum absolute atomic E-state index is 13.4. The summed E-state index contributed by atoms with van der Waals surface area (Å²) in [5.74, 6) is -1.95. The highest BCUT2D eigenvalue weighted by atomic mass is 35.5. The lowest BCUT2D eigenvalue weighted by atomic mass is 9.89. The van der Waals surface area contributed by atoms with Crippen molar-refractivity contribution in [1.82, 2.24) is 4.90 Å². The van der Waals surface area contributed by atoms with Crippen LogP contribution in [0.2, 0.25) is 0 Å². The van der Waals surface area contributed by atoms with Gasteiger partial charge in [0.05, 0.1) is 18.7 Å². The van der Waals surface area contributed by atoms with Crippen LogP contribution in [0, 0.1) is 11.6 Å². The highest BCUT2D eigenvalue weighted by Crippen LogP contribution is 2.27. The summed E-state index contributed by atoms with van der Waals surface area (Å²) in [7, 11) is 0. The Hall–Kier alpha value is -1.28. The maximum atomic E-state index is 13.4. The molecule has 2 fully saturated rings. The van der Waals surface area contributed by atoms with Crippen molar-refractivity contribution in [3.8, 4) is 0 Å². The topological polar surface area (TPSA) is 64.8 Å². The van der Waals surface area contributed by atoms with Crippen LogP contribution in [0.3, 0.4) is 0 Å². The predicted octanol–water partition coefficient (Wildman–Crippen LogP) is 1.79. The number of nitrogens with two attached hydrogens (primary N) is 1. The van der Waals surface area contributed by atoms with E-state index in [-0.39, 0.29) is 24.9 Å². The molecule has 1 amide bonds. The molecule has 0 spiro atoms. The van der Waals surface area contributed by atoms with Crippen LogP contribution < -0.4 is 5.73 Å². The molecule has 0 radical (unpaired) electrons. The first-order chi connectivity index (χ1) is 11.0. The maximum Gasteiger partial charge on any atom is 0.243 e.